The Bertz CT molecular complexity index is 524. The summed E-state index contributed by atoms with van der Waals surface area (Å²) >= 11 is 0. The fourth-order valence-electron chi connectivity index (χ4n) is 1.77. The lowest BCUT2D eigenvalue weighted by Crippen LogP contribution is -2.39. The van der Waals surface area contributed by atoms with Crippen LogP contribution in [0.15, 0.2) is 28.7 Å². The minimum Gasteiger partial charge on any atom is -0.422 e. The summed E-state index contributed by atoms with van der Waals surface area (Å²) < 4.78 is 5.58. The molecule has 2 N–H and O–H groups in total. The molecule has 1 atom stereocenters. The van der Waals surface area contributed by atoms with Gasteiger partial charge in [0.25, 0.3) is 0 Å². The third kappa shape index (κ3) is 2.60. The number of oxazole rings is 1. The Labute approximate surface area is 106 Å². The maximum absolute atomic E-state index is 8.50. The molecule has 2 rings (SSSR count). The molecule has 0 fully saturated rings. The molecule has 0 saturated carbocycles. The quantitative estimate of drug-likeness (QED) is 0.497. The van der Waals surface area contributed by atoms with Crippen molar-refractivity contribution in [2.75, 3.05) is 5.01 Å². The smallest absolute Gasteiger partial charge is 0.313 e. The SMILES string of the molecule is CC(CCCC#N)N(N)c1nc2ccccc2o1. The molecule has 0 bridgehead atoms. The average Bonchev–Trinajstić information content (AvgIpc) is 2.81. The second-order valence-electron chi connectivity index (χ2n) is 4.27. The molecule has 1 aromatic heterocycles. The molecule has 0 amide bonds. The van der Waals surface area contributed by atoms with Crippen molar-refractivity contribution in [2.45, 2.75) is 32.2 Å². The van der Waals surface area contributed by atoms with Gasteiger partial charge in [0.2, 0.25) is 0 Å². The number of anilines is 1. The Morgan fingerprint density at radius 2 is 2.28 bits per heavy atom. The van der Waals surface area contributed by atoms with E-state index in [1.165, 1.54) is 5.01 Å². The van der Waals surface area contributed by atoms with E-state index in [0.29, 0.717) is 12.4 Å². The van der Waals surface area contributed by atoms with Crippen LogP contribution in [0.25, 0.3) is 11.1 Å². The summed E-state index contributed by atoms with van der Waals surface area (Å²) in [7, 11) is 0. The number of unbranched alkanes of at least 4 members (excludes halogenated alkanes) is 1. The summed E-state index contributed by atoms with van der Waals surface area (Å²) in [5.74, 6) is 5.98. The highest BCUT2D eigenvalue weighted by atomic mass is 16.4. The van der Waals surface area contributed by atoms with Crippen molar-refractivity contribution in [1.82, 2.24) is 4.98 Å². The topological polar surface area (TPSA) is 79.1 Å². The number of rotatable bonds is 5. The van der Waals surface area contributed by atoms with Crippen LogP contribution in [0.2, 0.25) is 0 Å². The predicted molar refractivity (Wildman–Crippen MR) is 69.6 cm³/mol. The van der Waals surface area contributed by atoms with Crippen molar-refractivity contribution in [2.24, 2.45) is 5.84 Å². The number of hydrogen-bond donors (Lipinski definition) is 1. The number of nitriles is 1. The van der Waals surface area contributed by atoms with Crippen molar-refractivity contribution in [1.29, 1.82) is 5.26 Å². The zero-order valence-electron chi connectivity index (χ0n) is 10.3. The van der Waals surface area contributed by atoms with Crippen molar-refractivity contribution >= 4 is 17.1 Å². The van der Waals surface area contributed by atoms with Gasteiger partial charge < -0.3 is 4.42 Å². The molecule has 0 radical (unpaired) electrons. The first-order valence-electron chi connectivity index (χ1n) is 5.99. The van der Waals surface area contributed by atoms with Gasteiger partial charge in [-0.05, 0) is 31.9 Å². The number of nitrogens with two attached hydrogens (primary N) is 1. The highest BCUT2D eigenvalue weighted by Crippen LogP contribution is 2.22. The molecule has 0 aliphatic carbocycles. The van der Waals surface area contributed by atoms with Crippen LogP contribution in [0, 0.1) is 11.3 Å². The molecule has 18 heavy (non-hydrogen) atoms. The molecule has 1 aromatic carbocycles. The van der Waals surface area contributed by atoms with Gasteiger partial charge in [-0.3, -0.25) is 5.01 Å². The van der Waals surface area contributed by atoms with Gasteiger partial charge in [-0.25, -0.2) is 5.84 Å². The maximum Gasteiger partial charge on any atom is 0.313 e. The Hall–Kier alpha value is -2.06. The van der Waals surface area contributed by atoms with Crippen molar-refractivity contribution < 1.29 is 4.42 Å². The molecule has 0 aliphatic rings. The van der Waals surface area contributed by atoms with Crippen LogP contribution >= 0.6 is 0 Å². The first-order chi connectivity index (χ1) is 8.72. The molecular formula is C13H16N4O. The molecule has 0 aliphatic heterocycles. The minimum atomic E-state index is 0.0893. The Kier molecular flexibility index (Phi) is 3.80. The summed E-state index contributed by atoms with van der Waals surface area (Å²) in [5, 5.41) is 10.0. The summed E-state index contributed by atoms with van der Waals surface area (Å²) in [4.78, 5) is 4.33. The van der Waals surface area contributed by atoms with Gasteiger partial charge in [0.1, 0.15) is 5.52 Å². The van der Waals surface area contributed by atoms with E-state index in [9.17, 15) is 0 Å². The predicted octanol–water partition coefficient (Wildman–Crippen LogP) is 2.59. The molecule has 0 spiro atoms. The van der Waals surface area contributed by atoms with Crippen LogP contribution in [-0.2, 0) is 0 Å². The van der Waals surface area contributed by atoms with Gasteiger partial charge >= 0.3 is 6.01 Å². The molecular weight excluding hydrogens is 228 g/mol. The number of benzene rings is 1. The van der Waals surface area contributed by atoms with Gasteiger partial charge in [0.05, 0.1) is 6.07 Å². The molecule has 1 unspecified atom stereocenters. The first kappa shape index (κ1) is 12.4. The lowest BCUT2D eigenvalue weighted by atomic mass is 10.1. The second-order valence-corrected chi connectivity index (χ2v) is 4.27. The number of hydrogen-bond acceptors (Lipinski definition) is 5. The van der Waals surface area contributed by atoms with E-state index < -0.39 is 0 Å². The van der Waals surface area contributed by atoms with Crippen molar-refractivity contribution in [3.63, 3.8) is 0 Å². The largest absolute Gasteiger partial charge is 0.422 e. The van der Waals surface area contributed by atoms with Gasteiger partial charge in [0.15, 0.2) is 5.58 Å². The van der Waals surface area contributed by atoms with Crippen LogP contribution < -0.4 is 10.9 Å². The number of nitrogens with zero attached hydrogens (tertiary/aromatic N) is 3. The van der Waals surface area contributed by atoms with Crippen molar-refractivity contribution in [3.8, 4) is 6.07 Å². The Morgan fingerprint density at radius 1 is 1.50 bits per heavy atom. The number of aromatic nitrogens is 1. The molecule has 2 aromatic rings. The third-order valence-corrected chi connectivity index (χ3v) is 2.89. The molecule has 0 saturated heterocycles. The normalized spacial score (nSPS) is 12.3. The van der Waals surface area contributed by atoms with Crippen LogP contribution in [-0.4, -0.2) is 11.0 Å². The van der Waals surface area contributed by atoms with E-state index in [2.05, 4.69) is 11.1 Å². The monoisotopic (exact) mass is 244 g/mol. The maximum atomic E-state index is 8.50. The second kappa shape index (κ2) is 5.52. The highest BCUT2D eigenvalue weighted by molar-refractivity contribution is 5.74. The van der Waals surface area contributed by atoms with Gasteiger partial charge in [-0.1, -0.05) is 12.1 Å². The summed E-state index contributed by atoms with van der Waals surface area (Å²) in [6.45, 7) is 1.99. The standard InChI is InChI=1S/C13H16N4O/c1-10(6-4-5-9-14)17(15)13-16-11-7-2-3-8-12(11)18-13/h2-3,7-8,10H,4-6,15H2,1H3. The van der Waals surface area contributed by atoms with Crippen LogP contribution in [0.1, 0.15) is 26.2 Å². The number of para-hydroxylation sites is 2. The summed E-state index contributed by atoms with van der Waals surface area (Å²) in [6, 6.07) is 10.2. The zero-order chi connectivity index (χ0) is 13.0. The molecule has 1 heterocycles. The first-order valence-corrected chi connectivity index (χ1v) is 5.99. The van der Waals surface area contributed by atoms with E-state index in [4.69, 9.17) is 15.5 Å². The fraction of sp³-hybridized carbons (Fsp3) is 0.385. The van der Waals surface area contributed by atoms with Gasteiger partial charge in [-0.2, -0.15) is 10.2 Å². The Balaban J connectivity index is 2.08. The number of hydrazine groups is 1. The zero-order valence-corrected chi connectivity index (χ0v) is 10.3. The Morgan fingerprint density at radius 3 is 3.00 bits per heavy atom. The molecule has 5 nitrogen and oxygen atoms in total. The van der Waals surface area contributed by atoms with E-state index in [1.54, 1.807) is 0 Å². The summed E-state index contributed by atoms with van der Waals surface area (Å²) in [6.07, 6.45) is 2.21. The van der Waals surface area contributed by atoms with E-state index in [-0.39, 0.29) is 6.04 Å². The fourth-order valence-corrected chi connectivity index (χ4v) is 1.77. The lowest BCUT2D eigenvalue weighted by molar-refractivity contribution is 0.506. The van der Waals surface area contributed by atoms with Gasteiger partial charge in [0, 0.05) is 12.5 Å². The van der Waals surface area contributed by atoms with E-state index in [0.717, 1.165) is 23.9 Å². The van der Waals surface area contributed by atoms with Gasteiger partial charge in [-0.15, -0.1) is 0 Å². The van der Waals surface area contributed by atoms with E-state index >= 15 is 0 Å². The number of fused-ring (bicyclic) bond motifs is 1. The highest BCUT2D eigenvalue weighted by Gasteiger charge is 2.16. The molecule has 94 valence electrons. The minimum absolute atomic E-state index is 0.0893. The average molecular weight is 244 g/mol. The summed E-state index contributed by atoms with van der Waals surface area (Å²) in [5.41, 5.74) is 1.53. The van der Waals surface area contributed by atoms with Crippen LogP contribution in [0.3, 0.4) is 0 Å². The van der Waals surface area contributed by atoms with Crippen LogP contribution in [0.5, 0.6) is 0 Å². The van der Waals surface area contributed by atoms with E-state index in [1.807, 2.05) is 31.2 Å². The lowest BCUT2D eigenvalue weighted by Gasteiger charge is -2.21. The van der Waals surface area contributed by atoms with Crippen LogP contribution in [0.4, 0.5) is 6.01 Å². The third-order valence-electron chi connectivity index (χ3n) is 2.89. The molecule has 5 heteroatoms. The van der Waals surface area contributed by atoms with Crippen molar-refractivity contribution in [3.05, 3.63) is 24.3 Å².